The third-order valence-electron chi connectivity index (χ3n) is 3.96. The van der Waals surface area contributed by atoms with Gasteiger partial charge in [-0.1, -0.05) is 36.4 Å². The average molecular weight is 358 g/mol. The number of nitrogens with zero attached hydrogens (tertiary/aromatic N) is 4. The number of piperazine rings is 1. The van der Waals surface area contributed by atoms with Gasteiger partial charge in [-0.3, -0.25) is 4.79 Å². The Hall–Kier alpha value is -2.25. The van der Waals surface area contributed by atoms with Crippen LogP contribution in [0.2, 0.25) is 0 Å². The van der Waals surface area contributed by atoms with Gasteiger partial charge >= 0.3 is 0 Å². The number of amides is 1. The molecule has 1 aromatic heterocycles. The van der Waals surface area contributed by atoms with Crippen molar-refractivity contribution in [3.63, 3.8) is 0 Å². The number of aromatic nitrogens is 2. The molecular weight excluding hydrogens is 336 g/mol. The zero-order valence-electron chi connectivity index (χ0n) is 14.3. The van der Waals surface area contributed by atoms with Gasteiger partial charge in [0.05, 0.1) is 13.2 Å². The fraction of sp³-hybridized carbons (Fsp3) is 0.389. The maximum Gasteiger partial charge on any atom is 0.246 e. The van der Waals surface area contributed by atoms with Crippen LogP contribution in [0.15, 0.2) is 42.5 Å². The van der Waals surface area contributed by atoms with E-state index in [1.165, 1.54) is 11.5 Å². The monoisotopic (exact) mass is 358 g/mol. The lowest BCUT2D eigenvalue weighted by molar-refractivity contribution is -0.126. The van der Waals surface area contributed by atoms with Crippen molar-refractivity contribution in [2.75, 3.05) is 37.7 Å². The van der Waals surface area contributed by atoms with Gasteiger partial charge in [-0.2, -0.15) is 4.37 Å². The van der Waals surface area contributed by atoms with Gasteiger partial charge in [0, 0.05) is 43.8 Å². The summed E-state index contributed by atoms with van der Waals surface area (Å²) in [6.07, 6.45) is 3.39. The van der Waals surface area contributed by atoms with Crippen molar-refractivity contribution in [1.82, 2.24) is 14.3 Å². The minimum atomic E-state index is 0.0383. The molecule has 0 spiro atoms. The molecule has 0 bridgehead atoms. The van der Waals surface area contributed by atoms with Crippen LogP contribution in [0.25, 0.3) is 0 Å². The largest absolute Gasteiger partial charge is 0.373 e. The van der Waals surface area contributed by atoms with Gasteiger partial charge < -0.3 is 14.5 Å². The molecule has 1 aromatic carbocycles. The Morgan fingerprint density at radius 1 is 1.24 bits per heavy atom. The number of ether oxygens (including phenoxy) is 1. The number of carbonyl (C=O) groups excluding carboxylic acids is 1. The molecule has 1 saturated heterocycles. The van der Waals surface area contributed by atoms with Crippen molar-refractivity contribution in [1.29, 1.82) is 0 Å². The number of aryl methyl sites for hydroxylation is 1. The normalized spacial score (nSPS) is 15.1. The van der Waals surface area contributed by atoms with E-state index >= 15 is 0 Å². The Kier molecular flexibility index (Phi) is 6.14. The summed E-state index contributed by atoms with van der Waals surface area (Å²) in [4.78, 5) is 20.7. The molecule has 0 N–H and O–H groups in total. The van der Waals surface area contributed by atoms with Gasteiger partial charge in [0.25, 0.3) is 0 Å². The summed E-state index contributed by atoms with van der Waals surface area (Å²) in [7, 11) is 0. The highest BCUT2D eigenvalue weighted by Gasteiger charge is 2.21. The molecule has 1 aliphatic rings. The lowest BCUT2D eigenvalue weighted by Crippen LogP contribution is -2.48. The first kappa shape index (κ1) is 17.6. The number of carbonyl (C=O) groups is 1. The van der Waals surface area contributed by atoms with Crippen molar-refractivity contribution < 1.29 is 9.53 Å². The summed E-state index contributed by atoms with van der Waals surface area (Å²) in [6, 6.07) is 10.00. The second kappa shape index (κ2) is 8.73. The number of anilines is 1. The predicted molar refractivity (Wildman–Crippen MR) is 98.7 cm³/mol. The standard InChI is InChI=1S/C18H22N4O2S/c1-15-19-18(25-20-15)22-11-9-21(10-12-22)17(23)8-5-13-24-14-16-6-3-2-4-7-16/h2-8H,9-14H2,1H3. The Balaban J connectivity index is 1.37. The SMILES string of the molecule is Cc1nsc(N2CCN(C(=O)C=CCOCc3ccccc3)CC2)n1. The minimum Gasteiger partial charge on any atom is -0.373 e. The lowest BCUT2D eigenvalue weighted by atomic mass is 10.2. The van der Waals surface area contributed by atoms with Gasteiger partial charge in [0.1, 0.15) is 5.82 Å². The second-order valence-electron chi connectivity index (χ2n) is 5.84. The zero-order valence-corrected chi connectivity index (χ0v) is 15.1. The summed E-state index contributed by atoms with van der Waals surface area (Å²) in [5, 5.41) is 0.939. The first-order valence-corrected chi connectivity index (χ1v) is 9.12. The van der Waals surface area contributed by atoms with E-state index in [0.29, 0.717) is 26.3 Å². The summed E-state index contributed by atoms with van der Waals surface area (Å²) in [6.45, 7) is 5.87. The molecule has 1 fully saturated rings. The van der Waals surface area contributed by atoms with Crippen LogP contribution in [-0.4, -0.2) is 53.0 Å². The van der Waals surface area contributed by atoms with Gasteiger partial charge in [-0.25, -0.2) is 4.98 Å². The Labute approximate surface area is 151 Å². The molecule has 0 unspecified atom stereocenters. The number of hydrogen-bond acceptors (Lipinski definition) is 6. The number of benzene rings is 1. The van der Waals surface area contributed by atoms with Crippen LogP contribution in [0.3, 0.4) is 0 Å². The molecule has 1 aliphatic heterocycles. The molecule has 132 valence electrons. The quantitative estimate of drug-likeness (QED) is 0.586. The lowest BCUT2D eigenvalue weighted by Gasteiger charge is -2.33. The van der Waals surface area contributed by atoms with E-state index in [-0.39, 0.29) is 5.91 Å². The fourth-order valence-electron chi connectivity index (χ4n) is 2.61. The van der Waals surface area contributed by atoms with Crippen LogP contribution in [0.5, 0.6) is 0 Å². The first-order chi connectivity index (χ1) is 12.2. The molecule has 0 radical (unpaired) electrons. The Bertz CT molecular complexity index is 709. The maximum atomic E-state index is 12.2. The molecule has 2 aromatic rings. The Morgan fingerprint density at radius 3 is 2.68 bits per heavy atom. The second-order valence-corrected chi connectivity index (χ2v) is 6.57. The van der Waals surface area contributed by atoms with Crippen LogP contribution in [0.1, 0.15) is 11.4 Å². The third kappa shape index (κ3) is 5.11. The van der Waals surface area contributed by atoms with E-state index in [1.807, 2.05) is 42.2 Å². The first-order valence-electron chi connectivity index (χ1n) is 8.35. The number of rotatable bonds is 6. The molecular formula is C18H22N4O2S. The van der Waals surface area contributed by atoms with Crippen molar-refractivity contribution in [2.24, 2.45) is 0 Å². The maximum absolute atomic E-state index is 12.2. The van der Waals surface area contributed by atoms with Crippen molar-refractivity contribution in [2.45, 2.75) is 13.5 Å². The number of hydrogen-bond donors (Lipinski definition) is 0. The molecule has 3 rings (SSSR count). The molecule has 6 nitrogen and oxygen atoms in total. The molecule has 0 saturated carbocycles. The van der Waals surface area contributed by atoms with Crippen LogP contribution in [0, 0.1) is 6.92 Å². The van der Waals surface area contributed by atoms with E-state index in [1.54, 1.807) is 12.2 Å². The summed E-state index contributed by atoms with van der Waals surface area (Å²) in [5.41, 5.74) is 1.13. The van der Waals surface area contributed by atoms with E-state index in [9.17, 15) is 4.79 Å². The molecule has 2 heterocycles. The summed E-state index contributed by atoms with van der Waals surface area (Å²) >= 11 is 1.41. The van der Waals surface area contributed by atoms with Crippen LogP contribution in [-0.2, 0) is 16.1 Å². The zero-order chi connectivity index (χ0) is 17.5. The van der Waals surface area contributed by atoms with Crippen LogP contribution < -0.4 is 4.90 Å². The van der Waals surface area contributed by atoms with E-state index in [4.69, 9.17) is 4.74 Å². The van der Waals surface area contributed by atoms with Gasteiger partial charge in [0.15, 0.2) is 0 Å². The molecule has 0 aliphatic carbocycles. The van der Waals surface area contributed by atoms with Gasteiger partial charge in [0.2, 0.25) is 11.0 Å². The molecule has 7 heteroatoms. The highest BCUT2D eigenvalue weighted by Crippen LogP contribution is 2.18. The summed E-state index contributed by atoms with van der Waals surface area (Å²) in [5.74, 6) is 0.841. The van der Waals surface area contributed by atoms with Gasteiger partial charge in [-0.15, -0.1) is 0 Å². The summed E-state index contributed by atoms with van der Waals surface area (Å²) < 4.78 is 9.76. The Morgan fingerprint density at radius 2 is 2.00 bits per heavy atom. The topological polar surface area (TPSA) is 58.6 Å². The molecule has 25 heavy (non-hydrogen) atoms. The van der Waals surface area contributed by atoms with E-state index in [2.05, 4.69) is 14.3 Å². The van der Waals surface area contributed by atoms with Crippen molar-refractivity contribution in [3.05, 3.63) is 53.9 Å². The third-order valence-corrected chi connectivity index (χ3v) is 4.83. The molecule has 1 amide bonds. The van der Waals surface area contributed by atoms with Gasteiger partial charge in [-0.05, 0) is 12.5 Å². The average Bonchev–Trinajstić information content (AvgIpc) is 3.09. The molecule has 0 atom stereocenters. The minimum absolute atomic E-state index is 0.0383. The van der Waals surface area contributed by atoms with Crippen LogP contribution >= 0.6 is 11.5 Å². The van der Waals surface area contributed by atoms with E-state index < -0.39 is 0 Å². The highest BCUT2D eigenvalue weighted by molar-refractivity contribution is 7.09. The van der Waals surface area contributed by atoms with Crippen LogP contribution in [0.4, 0.5) is 5.13 Å². The highest BCUT2D eigenvalue weighted by atomic mass is 32.1. The van der Waals surface area contributed by atoms with E-state index in [0.717, 1.165) is 29.6 Å². The van der Waals surface area contributed by atoms with Crippen molar-refractivity contribution >= 4 is 22.6 Å². The van der Waals surface area contributed by atoms with Crippen molar-refractivity contribution in [3.8, 4) is 0 Å². The predicted octanol–water partition coefficient (Wildman–Crippen LogP) is 2.27. The fourth-order valence-corrected chi connectivity index (χ4v) is 3.33. The smallest absolute Gasteiger partial charge is 0.246 e.